The second-order valence-corrected chi connectivity index (χ2v) is 8.25. The van der Waals surface area contributed by atoms with E-state index in [1.165, 1.54) is 11.3 Å². The number of hydrogen-bond donors (Lipinski definition) is 0. The lowest BCUT2D eigenvalue weighted by atomic mass is 10.2. The largest absolute Gasteiger partial charge is 0.483 e. The normalized spacial score (nSPS) is 16.4. The molecule has 0 N–H and O–H groups in total. The van der Waals surface area contributed by atoms with E-state index < -0.39 is 0 Å². The molecule has 1 atom stereocenters. The van der Waals surface area contributed by atoms with Gasteiger partial charge in [-0.25, -0.2) is 4.98 Å². The standard InChI is InChI=1S/C21H21ClN2O3S/c1-14-11-15(22)8-9-18(14)27-13-20(25)24(12-16-5-4-10-26-16)21-23-17-6-2-3-7-19(17)28-21/h2-3,6-9,11,16H,4-5,10,12-13H2,1H3. The maximum Gasteiger partial charge on any atom is 0.266 e. The number of para-hydroxylation sites is 1. The summed E-state index contributed by atoms with van der Waals surface area (Å²) < 4.78 is 12.6. The molecule has 1 unspecified atom stereocenters. The van der Waals surface area contributed by atoms with E-state index in [1.807, 2.05) is 37.3 Å². The zero-order valence-electron chi connectivity index (χ0n) is 15.6. The van der Waals surface area contributed by atoms with E-state index in [4.69, 9.17) is 21.1 Å². The van der Waals surface area contributed by atoms with Crippen LogP contribution in [0, 0.1) is 6.92 Å². The number of fused-ring (bicyclic) bond motifs is 1. The van der Waals surface area contributed by atoms with Crippen molar-refractivity contribution in [1.29, 1.82) is 0 Å². The number of nitrogens with zero attached hydrogens (tertiary/aromatic N) is 2. The lowest BCUT2D eigenvalue weighted by Crippen LogP contribution is -2.40. The third-order valence-corrected chi connectivity index (χ3v) is 6.01. The summed E-state index contributed by atoms with van der Waals surface area (Å²) in [7, 11) is 0. The topological polar surface area (TPSA) is 51.7 Å². The molecule has 0 spiro atoms. The van der Waals surface area contributed by atoms with E-state index in [-0.39, 0.29) is 18.6 Å². The molecule has 1 aromatic heterocycles. The summed E-state index contributed by atoms with van der Waals surface area (Å²) in [5, 5.41) is 1.32. The van der Waals surface area contributed by atoms with E-state index in [9.17, 15) is 4.79 Å². The van der Waals surface area contributed by atoms with Crippen LogP contribution in [0.5, 0.6) is 5.75 Å². The Bertz CT molecular complexity index is 952. The molecule has 1 aliphatic rings. The average Bonchev–Trinajstić information content (AvgIpc) is 3.34. The number of aryl methyl sites for hydroxylation is 1. The van der Waals surface area contributed by atoms with E-state index in [1.54, 1.807) is 17.0 Å². The highest BCUT2D eigenvalue weighted by Gasteiger charge is 2.26. The summed E-state index contributed by atoms with van der Waals surface area (Å²) in [6.07, 6.45) is 2.01. The van der Waals surface area contributed by atoms with Crippen LogP contribution in [0.1, 0.15) is 18.4 Å². The Kier molecular flexibility index (Phi) is 5.80. The van der Waals surface area contributed by atoms with Crippen LogP contribution in [-0.2, 0) is 9.53 Å². The molecule has 7 heteroatoms. The van der Waals surface area contributed by atoms with Gasteiger partial charge in [-0.05, 0) is 55.7 Å². The molecule has 1 saturated heterocycles. The zero-order valence-corrected chi connectivity index (χ0v) is 17.1. The molecule has 146 valence electrons. The van der Waals surface area contributed by atoms with Gasteiger partial charge < -0.3 is 9.47 Å². The van der Waals surface area contributed by atoms with Gasteiger partial charge in [0.15, 0.2) is 11.7 Å². The molecule has 28 heavy (non-hydrogen) atoms. The number of benzene rings is 2. The molecule has 1 fully saturated rings. The lowest BCUT2D eigenvalue weighted by Gasteiger charge is -2.23. The number of amides is 1. The number of anilines is 1. The fourth-order valence-electron chi connectivity index (χ4n) is 3.25. The highest BCUT2D eigenvalue weighted by Crippen LogP contribution is 2.30. The molecule has 1 aliphatic heterocycles. The van der Waals surface area contributed by atoms with Crippen LogP contribution >= 0.6 is 22.9 Å². The molecular weight excluding hydrogens is 396 g/mol. The van der Waals surface area contributed by atoms with Gasteiger partial charge in [0.05, 0.1) is 22.9 Å². The molecule has 0 bridgehead atoms. The number of aromatic nitrogens is 1. The molecule has 5 nitrogen and oxygen atoms in total. The van der Waals surface area contributed by atoms with Crippen LogP contribution in [0.2, 0.25) is 5.02 Å². The van der Waals surface area contributed by atoms with Crippen molar-refractivity contribution >= 4 is 44.2 Å². The summed E-state index contributed by atoms with van der Waals surface area (Å²) in [6.45, 7) is 3.07. The van der Waals surface area contributed by atoms with Crippen LogP contribution in [0.4, 0.5) is 5.13 Å². The van der Waals surface area contributed by atoms with Crippen LogP contribution < -0.4 is 9.64 Å². The summed E-state index contributed by atoms with van der Waals surface area (Å²) in [4.78, 5) is 19.4. The van der Waals surface area contributed by atoms with Gasteiger partial charge in [0.25, 0.3) is 5.91 Å². The highest BCUT2D eigenvalue weighted by molar-refractivity contribution is 7.22. The van der Waals surface area contributed by atoms with Crippen LogP contribution in [-0.4, -0.2) is 36.8 Å². The number of carbonyl (C=O) groups is 1. The summed E-state index contributed by atoms with van der Waals surface area (Å²) >= 11 is 7.50. The lowest BCUT2D eigenvalue weighted by molar-refractivity contribution is -0.120. The van der Waals surface area contributed by atoms with E-state index in [0.29, 0.717) is 22.4 Å². The summed E-state index contributed by atoms with van der Waals surface area (Å²) in [5.74, 6) is 0.517. The van der Waals surface area contributed by atoms with Crippen molar-refractivity contribution in [2.24, 2.45) is 0 Å². The molecule has 0 aliphatic carbocycles. The van der Waals surface area contributed by atoms with Crippen LogP contribution in [0.15, 0.2) is 42.5 Å². The maximum atomic E-state index is 13.0. The fourth-order valence-corrected chi connectivity index (χ4v) is 4.46. The van der Waals surface area contributed by atoms with Gasteiger partial charge in [0, 0.05) is 11.6 Å². The van der Waals surface area contributed by atoms with Gasteiger partial charge >= 0.3 is 0 Å². The van der Waals surface area contributed by atoms with Crippen molar-refractivity contribution in [1.82, 2.24) is 4.98 Å². The van der Waals surface area contributed by atoms with E-state index in [2.05, 4.69) is 4.98 Å². The molecule has 2 heterocycles. The van der Waals surface area contributed by atoms with Crippen molar-refractivity contribution in [2.45, 2.75) is 25.9 Å². The zero-order chi connectivity index (χ0) is 19.5. The summed E-state index contributed by atoms with van der Waals surface area (Å²) in [6, 6.07) is 13.3. The van der Waals surface area contributed by atoms with Gasteiger partial charge in [-0.15, -0.1) is 0 Å². The molecule has 0 saturated carbocycles. The smallest absolute Gasteiger partial charge is 0.266 e. The third kappa shape index (κ3) is 4.29. The Morgan fingerprint density at radius 1 is 1.36 bits per heavy atom. The van der Waals surface area contributed by atoms with E-state index in [0.717, 1.165) is 35.2 Å². The van der Waals surface area contributed by atoms with Crippen LogP contribution in [0.25, 0.3) is 10.2 Å². The first-order valence-corrected chi connectivity index (χ1v) is 10.5. The monoisotopic (exact) mass is 416 g/mol. The van der Waals surface area contributed by atoms with Crippen molar-refractivity contribution in [3.8, 4) is 5.75 Å². The number of carbonyl (C=O) groups excluding carboxylic acids is 1. The second kappa shape index (κ2) is 8.47. The molecule has 0 radical (unpaired) electrons. The van der Waals surface area contributed by atoms with Crippen molar-refractivity contribution in [3.63, 3.8) is 0 Å². The van der Waals surface area contributed by atoms with Crippen LogP contribution in [0.3, 0.4) is 0 Å². The number of ether oxygens (including phenoxy) is 2. The Hall–Kier alpha value is -2.15. The minimum Gasteiger partial charge on any atom is -0.483 e. The van der Waals surface area contributed by atoms with Gasteiger partial charge in [-0.2, -0.15) is 0 Å². The second-order valence-electron chi connectivity index (χ2n) is 6.80. The quantitative estimate of drug-likeness (QED) is 0.576. The van der Waals surface area contributed by atoms with Gasteiger partial charge in [0.2, 0.25) is 0 Å². The summed E-state index contributed by atoms with van der Waals surface area (Å²) in [5.41, 5.74) is 1.79. The first-order valence-electron chi connectivity index (χ1n) is 9.26. The molecular formula is C21H21ClN2O3S. The van der Waals surface area contributed by atoms with Gasteiger partial charge in [-0.3, -0.25) is 9.69 Å². The SMILES string of the molecule is Cc1cc(Cl)ccc1OCC(=O)N(CC1CCCO1)c1nc2ccccc2s1. The molecule has 1 amide bonds. The molecule has 3 aromatic rings. The highest BCUT2D eigenvalue weighted by atomic mass is 35.5. The minimum absolute atomic E-state index is 0.0354. The third-order valence-electron chi connectivity index (χ3n) is 4.71. The Labute approximate surface area is 172 Å². The predicted molar refractivity (Wildman–Crippen MR) is 113 cm³/mol. The fraction of sp³-hybridized carbons (Fsp3) is 0.333. The van der Waals surface area contributed by atoms with E-state index >= 15 is 0 Å². The predicted octanol–water partition coefficient (Wildman–Crippen LogP) is 4.85. The van der Waals surface area contributed by atoms with Crippen molar-refractivity contribution in [3.05, 3.63) is 53.1 Å². The first-order chi connectivity index (χ1) is 13.6. The molecule has 4 rings (SSSR count). The van der Waals surface area contributed by atoms with Crippen molar-refractivity contribution < 1.29 is 14.3 Å². The Balaban J connectivity index is 1.54. The Morgan fingerprint density at radius 3 is 2.96 bits per heavy atom. The molecule has 2 aromatic carbocycles. The number of thiazole rings is 1. The van der Waals surface area contributed by atoms with Gasteiger partial charge in [-0.1, -0.05) is 35.1 Å². The number of hydrogen-bond acceptors (Lipinski definition) is 5. The van der Waals surface area contributed by atoms with Crippen molar-refractivity contribution in [2.75, 3.05) is 24.7 Å². The first kappa shape index (κ1) is 19.2. The minimum atomic E-state index is -0.135. The average molecular weight is 417 g/mol. The number of halogens is 1. The van der Waals surface area contributed by atoms with Gasteiger partial charge in [0.1, 0.15) is 5.75 Å². The maximum absolute atomic E-state index is 13.0. The number of rotatable bonds is 6. The Morgan fingerprint density at radius 2 is 2.21 bits per heavy atom.